The van der Waals surface area contributed by atoms with Gasteiger partial charge in [-0.3, -0.25) is 4.57 Å². The van der Waals surface area contributed by atoms with E-state index >= 15 is 0 Å². The molecule has 0 bridgehead atoms. The minimum atomic E-state index is -0.197. The van der Waals surface area contributed by atoms with E-state index in [1.165, 1.54) is 4.57 Å². The molecule has 0 radical (unpaired) electrons. The summed E-state index contributed by atoms with van der Waals surface area (Å²) in [6.45, 7) is 7.31. The predicted octanol–water partition coefficient (Wildman–Crippen LogP) is -0.147. The van der Waals surface area contributed by atoms with Gasteiger partial charge in [0, 0.05) is 33.2 Å². The number of nitrogens with zero attached hydrogens (tertiary/aromatic N) is 4. The molecular formula is C13H20N6O2. The first-order valence-electron chi connectivity index (χ1n) is 7.15. The molecule has 0 saturated carbocycles. The molecule has 0 unspecified atom stereocenters. The van der Waals surface area contributed by atoms with E-state index in [0.29, 0.717) is 17.2 Å². The number of imidazole rings is 1. The fraction of sp³-hybridized carbons (Fsp3) is 0.615. The lowest BCUT2D eigenvalue weighted by atomic mass is 10.3. The molecular weight excluding hydrogens is 272 g/mol. The average Bonchev–Trinajstić information content (AvgIpc) is 2.75. The topological polar surface area (TPSA) is 88.1 Å². The molecule has 0 spiro atoms. The first-order chi connectivity index (χ1) is 10.1. The summed E-state index contributed by atoms with van der Waals surface area (Å²) < 4.78 is 7.11. The maximum Gasteiger partial charge on any atom is 0.327 e. The Labute approximate surface area is 122 Å². The van der Waals surface area contributed by atoms with Gasteiger partial charge in [0.2, 0.25) is 0 Å². The van der Waals surface area contributed by atoms with Gasteiger partial charge in [-0.05, 0) is 13.8 Å². The predicted molar refractivity (Wildman–Crippen MR) is 80.0 cm³/mol. The van der Waals surface area contributed by atoms with Crippen molar-refractivity contribution in [3.05, 3.63) is 10.5 Å². The molecule has 8 nitrogen and oxygen atoms in total. The number of hydrogen-bond donors (Lipinski definition) is 2. The number of nitrogens with one attached hydrogen (secondary N) is 2. The van der Waals surface area contributed by atoms with E-state index in [4.69, 9.17) is 4.74 Å². The Morgan fingerprint density at radius 3 is 2.62 bits per heavy atom. The SMILES string of the molecule is CC(C)Oc1nc(N2CCNCC2)c2[nH]c(=O)n(C)c2n1. The van der Waals surface area contributed by atoms with Crippen molar-refractivity contribution in [3.63, 3.8) is 0 Å². The van der Waals surface area contributed by atoms with Crippen LogP contribution in [0.3, 0.4) is 0 Å². The van der Waals surface area contributed by atoms with E-state index in [9.17, 15) is 4.79 Å². The molecule has 3 rings (SSSR count). The third-order valence-corrected chi connectivity index (χ3v) is 3.46. The van der Waals surface area contributed by atoms with Gasteiger partial charge in [-0.15, -0.1) is 0 Å². The summed E-state index contributed by atoms with van der Waals surface area (Å²) in [4.78, 5) is 25.7. The number of aromatic amines is 1. The molecule has 1 fully saturated rings. The molecule has 2 aromatic heterocycles. The normalized spacial score (nSPS) is 15.9. The molecule has 0 atom stereocenters. The highest BCUT2D eigenvalue weighted by Gasteiger charge is 2.20. The fourth-order valence-corrected chi connectivity index (χ4v) is 2.43. The number of fused-ring (bicyclic) bond motifs is 1. The summed E-state index contributed by atoms with van der Waals surface area (Å²) in [6, 6.07) is 0.306. The molecule has 8 heteroatoms. The van der Waals surface area contributed by atoms with Crippen LogP contribution in [-0.2, 0) is 7.05 Å². The van der Waals surface area contributed by atoms with Gasteiger partial charge in [0.1, 0.15) is 5.52 Å². The molecule has 2 aromatic rings. The molecule has 1 aliphatic rings. The van der Waals surface area contributed by atoms with Gasteiger partial charge < -0.3 is 19.9 Å². The Hall–Kier alpha value is -2.09. The number of piperazine rings is 1. The van der Waals surface area contributed by atoms with Crippen LogP contribution in [0.5, 0.6) is 6.01 Å². The van der Waals surface area contributed by atoms with Gasteiger partial charge in [0.15, 0.2) is 11.5 Å². The average molecular weight is 292 g/mol. The van der Waals surface area contributed by atoms with Crippen molar-refractivity contribution >= 4 is 17.0 Å². The van der Waals surface area contributed by atoms with E-state index < -0.39 is 0 Å². The summed E-state index contributed by atoms with van der Waals surface area (Å²) in [7, 11) is 1.69. The molecule has 2 N–H and O–H groups in total. The van der Waals surface area contributed by atoms with Crippen molar-refractivity contribution < 1.29 is 4.74 Å². The number of ether oxygens (including phenoxy) is 1. The van der Waals surface area contributed by atoms with Crippen molar-refractivity contribution in [2.75, 3.05) is 31.1 Å². The Balaban J connectivity index is 2.14. The summed E-state index contributed by atoms with van der Waals surface area (Å²) in [5, 5.41) is 3.30. The number of H-pyrrole nitrogens is 1. The maximum absolute atomic E-state index is 11.9. The summed E-state index contributed by atoms with van der Waals surface area (Å²) in [5.74, 6) is 0.731. The second-order valence-corrected chi connectivity index (χ2v) is 5.42. The van der Waals surface area contributed by atoms with Crippen LogP contribution < -0.4 is 20.6 Å². The van der Waals surface area contributed by atoms with E-state index in [2.05, 4.69) is 25.2 Å². The number of aromatic nitrogens is 4. The Morgan fingerprint density at radius 1 is 1.24 bits per heavy atom. The third kappa shape index (κ3) is 2.58. The Bertz CT molecular complexity index is 698. The van der Waals surface area contributed by atoms with E-state index in [1.807, 2.05) is 13.8 Å². The quantitative estimate of drug-likeness (QED) is 0.818. The zero-order chi connectivity index (χ0) is 15.0. The zero-order valence-electron chi connectivity index (χ0n) is 12.5. The van der Waals surface area contributed by atoms with Gasteiger partial charge in [0.05, 0.1) is 6.10 Å². The van der Waals surface area contributed by atoms with Crippen molar-refractivity contribution in [1.82, 2.24) is 24.8 Å². The highest BCUT2D eigenvalue weighted by molar-refractivity contribution is 5.84. The van der Waals surface area contributed by atoms with Crippen LogP contribution in [0.25, 0.3) is 11.2 Å². The molecule has 114 valence electrons. The lowest BCUT2D eigenvalue weighted by Gasteiger charge is -2.28. The van der Waals surface area contributed by atoms with Crippen LogP contribution in [0.4, 0.5) is 5.82 Å². The van der Waals surface area contributed by atoms with Crippen molar-refractivity contribution in [1.29, 1.82) is 0 Å². The second kappa shape index (κ2) is 5.36. The standard InChI is InChI=1S/C13H20N6O2/c1-8(2)21-12-16-10-9(15-13(20)18(10)3)11(17-12)19-6-4-14-5-7-19/h8,14H,4-7H2,1-3H3,(H,15,20). The van der Waals surface area contributed by atoms with Gasteiger partial charge >= 0.3 is 11.7 Å². The molecule has 1 saturated heterocycles. The van der Waals surface area contributed by atoms with Gasteiger partial charge in [-0.25, -0.2) is 4.79 Å². The van der Waals surface area contributed by atoms with Gasteiger partial charge in [0.25, 0.3) is 0 Å². The molecule has 0 amide bonds. The third-order valence-electron chi connectivity index (χ3n) is 3.46. The highest BCUT2D eigenvalue weighted by atomic mass is 16.5. The zero-order valence-corrected chi connectivity index (χ0v) is 12.5. The summed E-state index contributed by atoms with van der Waals surface area (Å²) in [5.41, 5.74) is 1.04. The van der Waals surface area contributed by atoms with Crippen molar-refractivity contribution in [2.45, 2.75) is 20.0 Å². The second-order valence-electron chi connectivity index (χ2n) is 5.42. The van der Waals surface area contributed by atoms with Crippen LogP contribution in [-0.4, -0.2) is 51.8 Å². The first-order valence-corrected chi connectivity index (χ1v) is 7.15. The molecule has 1 aliphatic heterocycles. The Kier molecular flexibility index (Phi) is 3.54. The maximum atomic E-state index is 11.9. The summed E-state index contributed by atoms with van der Waals surface area (Å²) in [6.07, 6.45) is -0.0192. The van der Waals surface area contributed by atoms with Crippen LogP contribution in [0.2, 0.25) is 0 Å². The molecule has 3 heterocycles. The summed E-state index contributed by atoms with van der Waals surface area (Å²) >= 11 is 0. The van der Waals surface area contributed by atoms with E-state index in [-0.39, 0.29) is 11.8 Å². The minimum Gasteiger partial charge on any atom is -0.461 e. The van der Waals surface area contributed by atoms with Crippen LogP contribution in [0, 0.1) is 0 Å². The largest absolute Gasteiger partial charge is 0.461 e. The van der Waals surface area contributed by atoms with Gasteiger partial charge in [-0.1, -0.05) is 0 Å². The van der Waals surface area contributed by atoms with Crippen LogP contribution >= 0.6 is 0 Å². The number of anilines is 1. The molecule has 21 heavy (non-hydrogen) atoms. The number of hydrogen-bond acceptors (Lipinski definition) is 6. The first kappa shape index (κ1) is 13.9. The smallest absolute Gasteiger partial charge is 0.327 e. The van der Waals surface area contributed by atoms with Crippen molar-refractivity contribution in [2.24, 2.45) is 7.05 Å². The van der Waals surface area contributed by atoms with Gasteiger partial charge in [-0.2, -0.15) is 9.97 Å². The minimum absolute atomic E-state index is 0.0192. The van der Waals surface area contributed by atoms with Crippen LogP contribution in [0.1, 0.15) is 13.8 Å². The van der Waals surface area contributed by atoms with Crippen molar-refractivity contribution in [3.8, 4) is 6.01 Å². The number of aryl methyl sites for hydroxylation is 1. The fourth-order valence-electron chi connectivity index (χ4n) is 2.43. The molecule has 0 aliphatic carbocycles. The number of rotatable bonds is 3. The highest BCUT2D eigenvalue weighted by Crippen LogP contribution is 2.24. The monoisotopic (exact) mass is 292 g/mol. The lowest BCUT2D eigenvalue weighted by molar-refractivity contribution is 0.223. The van der Waals surface area contributed by atoms with E-state index in [1.54, 1.807) is 7.05 Å². The van der Waals surface area contributed by atoms with Crippen LogP contribution in [0.15, 0.2) is 4.79 Å². The lowest BCUT2D eigenvalue weighted by Crippen LogP contribution is -2.44. The Morgan fingerprint density at radius 2 is 1.95 bits per heavy atom. The molecule has 0 aromatic carbocycles. The van der Waals surface area contributed by atoms with E-state index in [0.717, 1.165) is 32.0 Å².